The highest BCUT2D eigenvalue weighted by Crippen LogP contribution is 2.18. The third-order valence-electron chi connectivity index (χ3n) is 15.1. The molecule has 4 nitrogen and oxygen atoms in total. The SMILES string of the molecule is CC/C=C\C/C=C\C/C=C\C/C=C\C/C=C\C/C=C\CCCCCCCCCCCCCCC(=O)NC(CO)C(O)/C=C/CC/C=C/CCCCCCCCCCCCCCCCCCCCCCCCCCCCC. The quantitative estimate of drug-likeness (QED) is 0.0420. The van der Waals surface area contributed by atoms with E-state index >= 15 is 0 Å². The first-order chi connectivity index (χ1) is 37.7. The van der Waals surface area contributed by atoms with E-state index in [0.29, 0.717) is 6.42 Å². The predicted molar refractivity (Wildman–Crippen MR) is 340 cm³/mol. The summed E-state index contributed by atoms with van der Waals surface area (Å²) in [6, 6.07) is -0.648. The molecule has 0 aromatic rings. The number of amides is 1. The summed E-state index contributed by atoms with van der Waals surface area (Å²) >= 11 is 0. The fraction of sp³-hybridized carbons (Fsp3) is 0.764. The fourth-order valence-electron chi connectivity index (χ4n) is 10.0. The predicted octanol–water partition coefficient (Wildman–Crippen LogP) is 22.8. The largest absolute Gasteiger partial charge is 0.394 e. The van der Waals surface area contributed by atoms with Gasteiger partial charge in [0.1, 0.15) is 0 Å². The Labute approximate surface area is 474 Å². The van der Waals surface area contributed by atoms with Crippen LogP contribution in [0.4, 0.5) is 0 Å². The lowest BCUT2D eigenvalue weighted by molar-refractivity contribution is -0.123. The van der Waals surface area contributed by atoms with E-state index in [4.69, 9.17) is 0 Å². The van der Waals surface area contributed by atoms with Crippen LogP contribution in [0.2, 0.25) is 0 Å². The summed E-state index contributed by atoms with van der Waals surface area (Å²) in [5.41, 5.74) is 0. The second kappa shape index (κ2) is 66.6. The summed E-state index contributed by atoms with van der Waals surface area (Å²) in [6.45, 7) is 4.21. The van der Waals surface area contributed by atoms with Gasteiger partial charge in [-0.15, -0.1) is 0 Å². The molecule has 0 aromatic heterocycles. The van der Waals surface area contributed by atoms with Crippen LogP contribution in [0.5, 0.6) is 0 Å². The van der Waals surface area contributed by atoms with E-state index < -0.39 is 12.1 Å². The first-order valence-corrected chi connectivity index (χ1v) is 33.5. The molecule has 0 rings (SSSR count). The van der Waals surface area contributed by atoms with Gasteiger partial charge >= 0.3 is 0 Å². The van der Waals surface area contributed by atoms with Gasteiger partial charge in [0.05, 0.1) is 18.8 Å². The Morgan fingerprint density at radius 1 is 0.329 bits per heavy atom. The van der Waals surface area contributed by atoms with Crippen LogP contribution in [0.15, 0.2) is 97.2 Å². The lowest BCUT2D eigenvalue weighted by atomic mass is 10.0. The van der Waals surface area contributed by atoms with Gasteiger partial charge in [0.25, 0.3) is 0 Å². The second-order valence-electron chi connectivity index (χ2n) is 22.5. The van der Waals surface area contributed by atoms with Gasteiger partial charge < -0.3 is 15.5 Å². The number of unbranched alkanes of at least 4 members (excludes halogenated alkanes) is 40. The molecule has 3 N–H and O–H groups in total. The maximum atomic E-state index is 12.5. The van der Waals surface area contributed by atoms with Gasteiger partial charge in [0.2, 0.25) is 5.91 Å². The van der Waals surface area contributed by atoms with Crippen molar-refractivity contribution in [2.75, 3.05) is 6.61 Å². The monoisotopic (exact) mass is 1060 g/mol. The van der Waals surface area contributed by atoms with E-state index in [0.717, 1.165) is 70.6 Å². The van der Waals surface area contributed by atoms with Crippen LogP contribution >= 0.6 is 0 Å². The zero-order valence-corrected chi connectivity index (χ0v) is 50.8. The van der Waals surface area contributed by atoms with Crippen molar-refractivity contribution in [1.82, 2.24) is 5.32 Å². The Bertz CT molecular complexity index is 1380. The van der Waals surface area contributed by atoms with E-state index in [2.05, 4.69) is 104 Å². The minimum absolute atomic E-state index is 0.0760. The number of allylic oxidation sites excluding steroid dienone is 15. The van der Waals surface area contributed by atoms with Gasteiger partial charge in [-0.1, -0.05) is 342 Å². The molecule has 0 saturated carbocycles. The van der Waals surface area contributed by atoms with Crippen molar-refractivity contribution in [3.05, 3.63) is 97.2 Å². The molecule has 440 valence electrons. The third kappa shape index (κ3) is 62.2. The number of hydrogen-bond donors (Lipinski definition) is 3. The average Bonchev–Trinajstić information content (AvgIpc) is 3.42. The lowest BCUT2D eigenvalue weighted by Gasteiger charge is -2.19. The van der Waals surface area contributed by atoms with Crippen molar-refractivity contribution >= 4 is 5.91 Å². The molecular formula is C72H129NO3. The van der Waals surface area contributed by atoms with Crippen LogP contribution in [-0.2, 0) is 4.79 Å². The molecular weight excluding hydrogens is 927 g/mol. The highest BCUT2D eigenvalue weighted by molar-refractivity contribution is 5.76. The normalized spacial score (nSPS) is 13.4. The van der Waals surface area contributed by atoms with Crippen LogP contribution in [0.1, 0.15) is 335 Å². The number of rotatable bonds is 61. The van der Waals surface area contributed by atoms with Crippen molar-refractivity contribution < 1.29 is 15.0 Å². The summed E-state index contributed by atoms with van der Waals surface area (Å²) in [7, 11) is 0. The maximum Gasteiger partial charge on any atom is 0.220 e. The summed E-state index contributed by atoms with van der Waals surface area (Å²) in [6.07, 6.45) is 99.1. The highest BCUT2D eigenvalue weighted by Gasteiger charge is 2.18. The van der Waals surface area contributed by atoms with E-state index in [-0.39, 0.29) is 12.5 Å². The van der Waals surface area contributed by atoms with Gasteiger partial charge in [-0.25, -0.2) is 0 Å². The number of aliphatic hydroxyl groups is 2. The van der Waals surface area contributed by atoms with E-state index in [1.54, 1.807) is 6.08 Å². The Hall–Kier alpha value is -2.69. The first-order valence-electron chi connectivity index (χ1n) is 33.5. The topological polar surface area (TPSA) is 69.6 Å². The molecule has 0 aromatic carbocycles. The molecule has 0 saturated heterocycles. The van der Waals surface area contributed by atoms with Gasteiger partial charge in [-0.3, -0.25) is 4.79 Å². The summed E-state index contributed by atoms with van der Waals surface area (Å²) in [4.78, 5) is 12.5. The smallest absolute Gasteiger partial charge is 0.220 e. The second-order valence-corrected chi connectivity index (χ2v) is 22.5. The number of carbonyl (C=O) groups excluding carboxylic acids is 1. The van der Waals surface area contributed by atoms with Crippen molar-refractivity contribution in [3.8, 4) is 0 Å². The molecule has 0 spiro atoms. The van der Waals surface area contributed by atoms with E-state index in [1.165, 1.54) is 244 Å². The van der Waals surface area contributed by atoms with Gasteiger partial charge in [-0.2, -0.15) is 0 Å². The summed E-state index contributed by atoms with van der Waals surface area (Å²) < 4.78 is 0. The Balaban J connectivity index is 3.52. The molecule has 0 aliphatic heterocycles. The van der Waals surface area contributed by atoms with E-state index in [1.807, 2.05) is 6.08 Å². The Morgan fingerprint density at radius 2 is 0.592 bits per heavy atom. The minimum Gasteiger partial charge on any atom is -0.394 e. The van der Waals surface area contributed by atoms with Gasteiger partial charge in [-0.05, 0) is 83.5 Å². The average molecular weight is 1060 g/mol. The van der Waals surface area contributed by atoms with Crippen molar-refractivity contribution in [2.24, 2.45) is 0 Å². The summed E-state index contributed by atoms with van der Waals surface area (Å²) in [5.74, 6) is -0.0760. The van der Waals surface area contributed by atoms with Crippen LogP contribution in [0.3, 0.4) is 0 Å². The molecule has 0 bridgehead atoms. The molecule has 2 atom stereocenters. The van der Waals surface area contributed by atoms with Crippen LogP contribution in [-0.4, -0.2) is 34.9 Å². The standard InChI is InChI=1S/C72H129NO3/c1-3-5-7-9-11-13-15-17-19-21-23-25-27-29-31-33-35-36-38-39-41-43-45-47-49-51-53-55-57-59-61-63-65-67-71(75)70(69-74)73-72(76)68-66-64-62-60-58-56-54-52-50-48-46-44-42-40-37-34-32-30-28-26-24-22-20-18-16-14-12-10-8-6-4-2/h6,8,12,14,18,20,24,26,30,32,37,40,57,59,65,67,70-71,74-75H,3-5,7,9-11,13,15-17,19,21-23,25,27-29,31,33-36,38-39,41-56,58,60-64,66,68-69H2,1-2H3,(H,73,76)/b8-6-,14-12-,20-18-,26-24-,32-30-,40-37-,59-57+,67-65+. The maximum absolute atomic E-state index is 12.5. The van der Waals surface area contributed by atoms with Crippen molar-refractivity contribution in [2.45, 2.75) is 347 Å². The number of hydrogen-bond acceptors (Lipinski definition) is 3. The molecule has 0 aliphatic carbocycles. The Kier molecular flexibility index (Phi) is 64.2. The molecule has 1 amide bonds. The molecule has 0 aliphatic rings. The van der Waals surface area contributed by atoms with Crippen molar-refractivity contribution in [3.63, 3.8) is 0 Å². The molecule has 4 heteroatoms. The molecule has 0 heterocycles. The first kappa shape index (κ1) is 73.3. The van der Waals surface area contributed by atoms with E-state index in [9.17, 15) is 15.0 Å². The molecule has 2 unspecified atom stereocenters. The Morgan fingerprint density at radius 3 is 0.921 bits per heavy atom. The molecule has 0 radical (unpaired) electrons. The zero-order chi connectivity index (χ0) is 54.8. The van der Waals surface area contributed by atoms with Crippen molar-refractivity contribution in [1.29, 1.82) is 0 Å². The minimum atomic E-state index is -0.871. The van der Waals surface area contributed by atoms with Crippen LogP contribution < -0.4 is 5.32 Å². The number of aliphatic hydroxyl groups excluding tert-OH is 2. The number of carbonyl (C=O) groups is 1. The third-order valence-corrected chi connectivity index (χ3v) is 15.1. The fourth-order valence-corrected chi connectivity index (χ4v) is 10.0. The summed E-state index contributed by atoms with van der Waals surface area (Å²) in [5, 5.41) is 23.3. The molecule has 76 heavy (non-hydrogen) atoms. The molecule has 0 fully saturated rings. The van der Waals surface area contributed by atoms with Crippen LogP contribution in [0, 0.1) is 0 Å². The number of nitrogens with one attached hydrogen (secondary N) is 1. The zero-order valence-electron chi connectivity index (χ0n) is 50.8. The lowest BCUT2D eigenvalue weighted by Crippen LogP contribution is -2.45. The van der Waals surface area contributed by atoms with Crippen LogP contribution in [0.25, 0.3) is 0 Å². The van der Waals surface area contributed by atoms with Gasteiger partial charge in [0.15, 0.2) is 0 Å². The highest BCUT2D eigenvalue weighted by atomic mass is 16.3. The van der Waals surface area contributed by atoms with Gasteiger partial charge in [0, 0.05) is 6.42 Å².